The lowest BCUT2D eigenvalue weighted by atomic mass is 9.99. The molecule has 1 unspecified atom stereocenters. The predicted molar refractivity (Wildman–Crippen MR) is 83.2 cm³/mol. The molecule has 1 saturated heterocycles. The number of anilines is 1. The number of aliphatic hydroxyl groups is 1. The number of nitrogens with one attached hydrogen (secondary N) is 1. The van der Waals surface area contributed by atoms with E-state index in [0.717, 1.165) is 19.4 Å². The number of hydrogen-bond acceptors (Lipinski definition) is 4. The molecule has 1 aromatic rings. The van der Waals surface area contributed by atoms with Crippen LogP contribution < -0.4 is 5.32 Å². The van der Waals surface area contributed by atoms with Gasteiger partial charge in [0, 0.05) is 18.0 Å². The van der Waals surface area contributed by atoms with Crippen LogP contribution in [0, 0.1) is 5.92 Å². The second kappa shape index (κ2) is 8.45. The van der Waals surface area contributed by atoms with E-state index in [1.165, 1.54) is 0 Å². The SMILES string of the molecule is O=C(CN1CCCC(CO)C1)Nc1ccccc1SC(F)F. The van der Waals surface area contributed by atoms with Gasteiger partial charge in [-0.2, -0.15) is 8.78 Å². The molecule has 2 N–H and O–H groups in total. The number of carbonyl (C=O) groups is 1. The van der Waals surface area contributed by atoms with Gasteiger partial charge in [0.15, 0.2) is 0 Å². The second-order valence-electron chi connectivity index (χ2n) is 5.35. The van der Waals surface area contributed by atoms with E-state index in [4.69, 9.17) is 0 Å². The molecule has 0 aliphatic carbocycles. The van der Waals surface area contributed by atoms with Crippen LogP contribution in [0.3, 0.4) is 0 Å². The summed E-state index contributed by atoms with van der Waals surface area (Å²) in [6.07, 6.45) is 1.93. The van der Waals surface area contributed by atoms with Crippen molar-refractivity contribution in [2.75, 3.05) is 31.6 Å². The van der Waals surface area contributed by atoms with Gasteiger partial charge in [0.25, 0.3) is 5.76 Å². The lowest BCUT2D eigenvalue weighted by Gasteiger charge is -2.31. The van der Waals surface area contributed by atoms with Crippen LogP contribution in [0.25, 0.3) is 0 Å². The third kappa shape index (κ3) is 5.23. The highest BCUT2D eigenvalue weighted by Gasteiger charge is 2.21. The van der Waals surface area contributed by atoms with Gasteiger partial charge in [-0.25, -0.2) is 0 Å². The van der Waals surface area contributed by atoms with E-state index in [1.807, 2.05) is 4.90 Å². The fraction of sp³-hybridized carbons (Fsp3) is 0.533. The van der Waals surface area contributed by atoms with Crippen molar-refractivity contribution in [3.8, 4) is 0 Å². The first kappa shape index (κ1) is 17.2. The van der Waals surface area contributed by atoms with Crippen molar-refractivity contribution in [3.63, 3.8) is 0 Å². The Morgan fingerprint density at radius 1 is 1.45 bits per heavy atom. The van der Waals surface area contributed by atoms with E-state index in [-0.39, 0.29) is 25.0 Å². The molecule has 22 heavy (non-hydrogen) atoms. The lowest BCUT2D eigenvalue weighted by Crippen LogP contribution is -2.41. The molecule has 1 aromatic carbocycles. The van der Waals surface area contributed by atoms with Gasteiger partial charge in [0.2, 0.25) is 5.91 Å². The van der Waals surface area contributed by atoms with Crippen LogP contribution in [0.5, 0.6) is 0 Å². The number of benzene rings is 1. The Kier molecular flexibility index (Phi) is 6.60. The Bertz CT molecular complexity index is 502. The molecular formula is C15H20F2N2O2S. The summed E-state index contributed by atoms with van der Waals surface area (Å²) >= 11 is 0.422. The number of aliphatic hydroxyl groups excluding tert-OH is 1. The summed E-state index contributed by atoms with van der Waals surface area (Å²) in [5, 5.41) is 11.9. The van der Waals surface area contributed by atoms with Crippen LogP contribution in [-0.4, -0.2) is 47.9 Å². The Balaban J connectivity index is 1.92. The van der Waals surface area contributed by atoms with E-state index >= 15 is 0 Å². The summed E-state index contributed by atoms with van der Waals surface area (Å²) in [6.45, 7) is 1.85. The van der Waals surface area contributed by atoms with E-state index < -0.39 is 5.76 Å². The van der Waals surface area contributed by atoms with Gasteiger partial charge in [0.1, 0.15) is 0 Å². The highest BCUT2D eigenvalue weighted by atomic mass is 32.2. The van der Waals surface area contributed by atoms with Crippen molar-refractivity contribution in [2.45, 2.75) is 23.5 Å². The summed E-state index contributed by atoms with van der Waals surface area (Å²) in [6, 6.07) is 6.55. The zero-order chi connectivity index (χ0) is 15.9. The number of para-hydroxylation sites is 1. The van der Waals surface area contributed by atoms with Gasteiger partial charge >= 0.3 is 0 Å². The van der Waals surface area contributed by atoms with Gasteiger partial charge in [-0.3, -0.25) is 9.69 Å². The lowest BCUT2D eigenvalue weighted by molar-refractivity contribution is -0.117. The number of hydrogen-bond donors (Lipinski definition) is 2. The monoisotopic (exact) mass is 330 g/mol. The molecule has 0 radical (unpaired) electrons. The number of halogens is 2. The number of piperidine rings is 1. The number of nitrogens with zero attached hydrogens (tertiary/aromatic N) is 1. The largest absolute Gasteiger partial charge is 0.396 e. The molecule has 4 nitrogen and oxygen atoms in total. The Labute approximate surface area is 132 Å². The highest BCUT2D eigenvalue weighted by molar-refractivity contribution is 7.99. The molecule has 1 heterocycles. The number of carbonyl (C=O) groups excluding carboxylic acids is 1. The molecule has 0 aromatic heterocycles. The molecule has 1 atom stereocenters. The van der Waals surface area contributed by atoms with Crippen LogP contribution in [0.1, 0.15) is 12.8 Å². The minimum Gasteiger partial charge on any atom is -0.396 e. The standard InChI is InChI=1S/C15H20F2N2O2S/c16-15(17)22-13-6-2-1-5-12(13)18-14(21)9-19-7-3-4-11(8-19)10-20/h1-2,5-6,11,15,20H,3-4,7-10H2,(H,18,21). The number of rotatable bonds is 6. The number of amides is 1. The van der Waals surface area contributed by atoms with Crippen LogP contribution in [0.15, 0.2) is 29.2 Å². The Morgan fingerprint density at radius 2 is 2.23 bits per heavy atom. The Hall–Kier alpha value is -1.18. The maximum Gasteiger partial charge on any atom is 0.288 e. The van der Waals surface area contributed by atoms with Gasteiger partial charge in [-0.15, -0.1) is 0 Å². The molecule has 1 fully saturated rings. The highest BCUT2D eigenvalue weighted by Crippen LogP contribution is 2.31. The fourth-order valence-corrected chi connectivity index (χ4v) is 3.20. The molecule has 122 valence electrons. The van der Waals surface area contributed by atoms with E-state index in [0.29, 0.717) is 28.9 Å². The molecular weight excluding hydrogens is 310 g/mol. The summed E-state index contributed by atoms with van der Waals surface area (Å²) in [4.78, 5) is 14.4. The first-order valence-electron chi connectivity index (χ1n) is 7.25. The van der Waals surface area contributed by atoms with Gasteiger partial charge in [0.05, 0.1) is 12.2 Å². The maximum atomic E-state index is 12.5. The van der Waals surface area contributed by atoms with Crippen LogP contribution >= 0.6 is 11.8 Å². The second-order valence-corrected chi connectivity index (χ2v) is 6.38. The third-order valence-electron chi connectivity index (χ3n) is 3.61. The molecule has 2 rings (SSSR count). The maximum absolute atomic E-state index is 12.5. The van der Waals surface area contributed by atoms with Crippen molar-refractivity contribution >= 4 is 23.4 Å². The van der Waals surface area contributed by atoms with Crippen molar-refractivity contribution in [3.05, 3.63) is 24.3 Å². The molecule has 0 bridgehead atoms. The smallest absolute Gasteiger partial charge is 0.288 e. The first-order chi connectivity index (χ1) is 10.6. The predicted octanol–water partition coefficient (Wildman–Crippen LogP) is 2.64. The van der Waals surface area contributed by atoms with Crippen LogP contribution in [-0.2, 0) is 4.79 Å². The van der Waals surface area contributed by atoms with Crippen LogP contribution in [0.4, 0.5) is 14.5 Å². The van der Waals surface area contributed by atoms with E-state index in [2.05, 4.69) is 5.32 Å². The van der Waals surface area contributed by atoms with Crippen molar-refractivity contribution in [1.29, 1.82) is 0 Å². The van der Waals surface area contributed by atoms with Crippen LogP contribution in [0.2, 0.25) is 0 Å². The minimum atomic E-state index is -2.52. The quantitative estimate of drug-likeness (QED) is 0.788. The third-order valence-corrected chi connectivity index (χ3v) is 4.39. The minimum absolute atomic E-state index is 0.131. The number of thioether (sulfide) groups is 1. The summed E-state index contributed by atoms with van der Waals surface area (Å²) in [5.41, 5.74) is 0.411. The average molecular weight is 330 g/mol. The van der Waals surface area contributed by atoms with Gasteiger partial charge < -0.3 is 10.4 Å². The summed E-state index contributed by atoms with van der Waals surface area (Å²) < 4.78 is 25.0. The normalized spacial score (nSPS) is 19.4. The Morgan fingerprint density at radius 3 is 2.95 bits per heavy atom. The summed E-state index contributed by atoms with van der Waals surface area (Å²) in [7, 11) is 0. The van der Waals surface area contributed by atoms with E-state index in [9.17, 15) is 18.7 Å². The number of likely N-dealkylation sites (tertiary alicyclic amines) is 1. The number of alkyl halides is 2. The molecule has 0 saturated carbocycles. The zero-order valence-electron chi connectivity index (χ0n) is 12.2. The van der Waals surface area contributed by atoms with E-state index in [1.54, 1.807) is 24.3 Å². The molecule has 1 aliphatic rings. The zero-order valence-corrected chi connectivity index (χ0v) is 13.0. The topological polar surface area (TPSA) is 52.6 Å². The van der Waals surface area contributed by atoms with Gasteiger partial charge in [-0.05, 0) is 37.4 Å². The first-order valence-corrected chi connectivity index (χ1v) is 8.13. The van der Waals surface area contributed by atoms with Crippen molar-refractivity contribution in [1.82, 2.24) is 4.90 Å². The van der Waals surface area contributed by atoms with Crippen molar-refractivity contribution in [2.24, 2.45) is 5.92 Å². The summed E-state index contributed by atoms with van der Waals surface area (Å²) in [5.74, 6) is -2.53. The molecule has 1 amide bonds. The molecule has 0 spiro atoms. The average Bonchev–Trinajstić information content (AvgIpc) is 2.49. The van der Waals surface area contributed by atoms with Gasteiger partial charge in [-0.1, -0.05) is 23.9 Å². The molecule has 7 heteroatoms. The fourth-order valence-electron chi connectivity index (χ4n) is 2.61. The molecule has 1 aliphatic heterocycles. The van der Waals surface area contributed by atoms with Crippen molar-refractivity contribution < 1.29 is 18.7 Å².